The highest BCUT2D eigenvalue weighted by atomic mass is 16.5. The van der Waals surface area contributed by atoms with E-state index in [4.69, 9.17) is 4.74 Å². The first-order valence-electron chi connectivity index (χ1n) is 6.07. The van der Waals surface area contributed by atoms with Gasteiger partial charge < -0.3 is 10.1 Å². The summed E-state index contributed by atoms with van der Waals surface area (Å²) in [5.74, 6) is 0.771. The number of aromatic nitrogens is 1. The van der Waals surface area contributed by atoms with Gasteiger partial charge in [0.25, 0.3) is 0 Å². The minimum absolute atomic E-state index is 0.386. The lowest BCUT2D eigenvalue weighted by atomic mass is 9.99. The molecule has 0 unspecified atom stereocenters. The molecule has 0 spiro atoms. The molecule has 1 atom stereocenters. The van der Waals surface area contributed by atoms with Crippen LogP contribution in [0.4, 0.5) is 0 Å². The second-order valence-corrected chi connectivity index (χ2v) is 4.47. The maximum absolute atomic E-state index is 5.35. The van der Waals surface area contributed by atoms with Gasteiger partial charge in [0.05, 0.1) is 0 Å². The normalized spacial score (nSPS) is 19.6. The number of ether oxygens (including phenoxy) is 1. The Morgan fingerprint density at radius 3 is 3.00 bits per heavy atom. The number of hydrogen-bond acceptors (Lipinski definition) is 3. The van der Waals surface area contributed by atoms with Crippen molar-refractivity contribution in [3.8, 4) is 0 Å². The molecule has 0 saturated carbocycles. The van der Waals surface area contributed by atoms with Crippen molar-refractivity contribution in [3.63, 3.8) is 0 Å². The van der Waals surface area contributed by atoms with E-state index in [1.54, 1.807) is 0 Å². The molecule has 2 rings (SSSR count). The van der Waals surface area contributed by atoms with Crippen LogP contribution >= 0.6 is 0 Å². The summed E-state index contributed by atoms with van der Waals surface area (Å²) in [6.45, 7) is 5.12. The molecule has 3 nitrogen and oxygen atoms in total. The standard InChI is InChI=1S/C13H20N2O/c1-11(13-3-2-6-14-10-13)15-9-12-4-7-16-8-5-12/h2-3,6,10-12,15H,4-5,7-9H2,1H3/t11-/m0/s1. The summed E-state index contributed by atoms with van der Waals surface area (Å²) in [7, 11) is 0. The zero-order valence-corrected chi connectivity index (χ0v) is 9.86. The molecule has 1 aliphatic heterocycles. The van der Waals surface area contributed by atoms with Crippen LogP contribution in [0, 0.1) is 5.92 Å². The Balaban J connectivity index is 1.77. The highest BCUT2D eigenvalue weighted by molar-refractivity contribution is 5.12. The van der Waals surface area contributed by atoms with Crippen molar-refractivity contribution in [1.82, 2.24) is 10.3 Å². The molecule has 1 saturated heterocycles. The third-order valence-corrected chi connectivity index (χ3v) is 3.24. The van der Waals surface area contributed by atoms with Gasteiger partial charge in [0.2, 0.25) is 0 Å². The van der Waals surface area contributed by atoms with Gasteiger partial charge in [-0.3, -0.25) is 4.98 Å². The molecule has 0 radical (unpaired) electrons. The number of nitrogens with zero attached hydrogens (tertiary/aromatic N) is 1. The van der Waals surface area contributed by atoms with E-state index in [-0.39, 0.29) is 0 Å². The monoisotopic (exact) mass is 220 g/mol. The molecule has 1 aliphatic rings. The maximum Gasteiger partial charge on any atom is 0.0469 e. The van der Waals surface area contributed by atoms with Crippen LogP contribution in [0.5, 0.6) is 0 Å². The summed E-state index contributed by atoms with van der Waals surface area (Å²) in [6.07, 6.45) is 6.12. The van der Waals surface area contributed by atoms with Gasteiger partial charge in [-0.15, -0.1) is 0 Å². The third kappa shape index (κ3) is 3.29. The Kier molecular flexibility index (Phi) is 4.31. The third-order valence-electron chi connectivity index (χ3n) is 3.24. The summed E-state index contributed by atoms with van der Waals surface area (Å²) in [6, 6.07) is 4.49. The summed E-state index contributed by atoms with van der Waals surface area (Å²) in [4.78, 5) is 4.14. The molecule has 3 heteroatoms. The largest absolute Gasteiger partial charge is 0.381 e. The summed E-state index contributed by atoms with van der Waals surface area (Å²) >= 11 is 0. The van der Waals surface area contributed by atoms with Crippen LogP contribution in [0.2, 0.25) is 0 Å². The van der Waals surface area contributed by atoms with E-state index in [1.165, 1.54) is 18.4 Å². The predicted molar refractivity (Wildman–Crippen MR) is 64.2 cm³/mol. The molecule has 0 aliphatic carbocycles. The number of hydrogen-bond donors (Lipinski definition) is 1. The molecule has 1 fully saturated rings. The number of pyridine rings is 1. The fourth-order valence-corrected chi connectivity index (χ4v) is 2.04. The molecular weight excluding hydrogens is 200 g/mol. The van der Waals surface area contributed by atoms with Gasteiger partial charge in [-0.05, 0) is 43.9 Å². The van der Waals surface area contributed by atoms with Gasteiger partial charge in [0.15, 0.2) is 0 Å². The second-order valence-electron chi connectivity index (χ2n) is 4.47. The fourth-order valence-electron chi connectivity index (χ4n) is 2.04. The molecule has 0 bridgehead atoms. The predicted octanol–water partition coefficient (Wildman–Crippen LogP) is 2.16. The lowest BCUT2D eigenvalue weighted by molar-refractivity contribution is 0.0656. The minimum Gasteiger partial charge on any atom is -0.381 e. The average Bonchev–Trinajstić information content (AvgIpc) is 2.38. The lowest BCUT2D eigenvalue weighted by Crippen LogP contribution is -2.29. The Bertz CT molecular complexity index is 296. The van der Waals surface area contributed by atoms with Gasteiger partial charge in [-0.1, -0.05) is 6.07 Å². The average molecular weight is 220 g/mol. The topological polar surface area (TPSA) is 34.1 Å². The van der Waals surface area contributed by atoms with Crippen molar-refractivity contribution in [1.29, 1.82) is 0 Å². The molecule has 2 heterocycles. The zero-order valence-electron chi connectivity index (χ0n) is 9.86. The minimum atomic E-state index is 0.386. The first-order valence-corrected chi connectivity index (χ1v) is 6.07. The van der Waals surface area contributed by atoms with E-state index >= 15 is 0 Å². The highest BCUT2D eigenvalue weighted by Crippen LogP contribution is 2.16. The van der Waals surface area contributed by atoms with Crippen molar-refractivity contribution in [2.24, 2.45) is 5.92 Å². The lowest BCUT2D eigenvalue weighted by Gasteiger charge is -2.24. The molecule has 0 amide bonds. The van der Waals surface area contributed by atoms with Crippen molar-refractivity contribution in [3.05, 3.63) is 30.1 Å². The van der Waals surface area contributed by atoms with E-state index in [9.17, 15) is 0 Å². The quantitative estimate of drug-likeness (QED) is 0.844. The fraction of sp³-hybridized carbons (Fsp3) is 0.615. The van der Waals surface area contributed by atoms with E-state index < -0.39 is 0 Å². The number of nitrogens with one attached hydrogen (secondary N) is 1. The summed E-state index contributed by atoms with van der Waals surface area (Å²) < 4.78 is 5.35. The molecule has 88 valence electrons. The zero-order chi connectivity index (χ0) is 11.2. The first kappa shape index (κ1) is 11.6. The molecule has 1 aromatic rings. The van der Waals surface area contributed by atoms with E-state index in [0.717, 1.165) is 25.7 Å². The molecule has 1 N–H and O–H groups in total. The van der Waals surface area contributed by atoms with Crippen molar-refractivity contribution in [2.45, 2.75) is 25.8 Å². The van der Waals surface area contributed by atoms with Crippen LogP contribution < -0.4 is 5.32 Å². The van der Waals surface area contributed by atoms with Crippen LogP contribution in [0.15, 0.2) is 24.5 Å². The maximum atomic E-state index is 5.35. The van der Waals surface area contributed by atoms with Crippen LogP contribution in [0.25, 0.3) is 0 Å². The summed E-state index contributed by atoms with van der Waals surface area (Å²) in [5.41, 5.74) is 1.26. The SMILES string of the molecule is C[C@H](NCC1CCOCC1)c1cccnc1. The Labute approximate surface area is 97.2 Å². The molecular formula is C13H20N2O. The Morgan fingerprint density at radius 2 is 2.31 bits per heavy atom. The van der Waals surface area contributed by atoms with Crippen molar-refractivity contribution < 1.29 is 4.74 Å². The van der Waals surface area contributed by atoms with Crippen LogP contribution in [0.3, 0.4) is 0 Å². The smallest absolute Gasteiger partial charge is 0.0469 e. The van der Waals surface area contributed by atoms with E-state index in [1.807, 2.05) is 18.5 Å². The van der Waals surface area contributed by atoms with Crippen molar-refractivity contribution in [2.75, 3.05) is 19.8 Å². The van der Waals surface area contributed by atoms with Gasteiger partial charge in [0.1, 0.15) is 0 Å². The molecule has 0 aromatic carbocycles. The van der Waals surface area contributed by atoms with Crippen LogP contribution in [-0.4, -0.2) is 24.7 Å². The second kappa shape index (κ2) is 5.97. The number of rotatable bonds is 4. The van der Waals surface area contributed by atoms with Gasteiger partial charge in [-0.25, -0.2) is 0 Å². The van der Waals surface area contributed by atoms with E-state index in [0.29, 0.717) is 6.04 Å². The van der Waals surface area contributed by atoms with Crippen LogP contribution in [0.1, 0.15) is 31.4 Å². The van der Waals surface area contributed by atoms with E-state index in [2.05, 4.69) is 23.3 Å². The highest BCUT2D eigenvalue weighted by Gasteiger charge is 2.14. The Morgan fingerprint density at radius 1 is 1.50 bits per heavy atom. The summed E-state index contributed by atoms with van der Waals surface area (Å²) in [5, 5.41) is 3.57. The van der Waals surface area contributed by atoms with Crippen LogP contribution in [-0.2, 0) is 4.74 Å². The first-order chi connectivity index (χ1) is 7.86. The van der Waals surface area contributed by atoms with Crippen molar-refractivity contribution >= 4 is 0 Å². The Hall–Kier alpha value is -0.930. The molecule has 16 heavy (non-hydrogen) atoms. The molecule has 1 aromatic heterocycles. The van der Waals surface area contributed by atoms with Gasteiger partial charge in [-0.2, -0.15) is 0 Å². The van der Waals surface area contributed by atoms with Gasteiger partial charge >= 0.3 is 0 Å². The van der Waals surface area contributed by atoms with Gasteiger partial charge in [0, 0.05) is 31.6 Å².